The van der Waals surface area contributed by atoms with Gasteiger partial charge in [0, 0.05) is 50.1 Å². The zero-order valence-corrected chi connectivity index (χ0v) is 23.8. The molecule has 4 aliphatic heterocycles. The lowest BCUT2D eigenvalue weighted by atomic mass is 9.98. The topological polar surface area (TPSA) is 79.4 Å². The summed E-state index contributed by atoms with van der Waals surface area (Å²) in [6.07, 6.45) is 5.63. The first-order chi connectivity index (χ1) is 18.8. The molecule has 0 radical (unpaired) electrons. The summed E-state index contributed by atoms with van der Waals surface area (Å²) in [5, 5.41) is 3.39. The van der Waals surface area contributed by atoms with Gasteiger partial charge in [-0.1, -0.05) is 18.6 Å². The van der Waals surface area contributed by atoms with E-state index in [1.54, 1.807) is 0 Å². The molecule has 3 fully saturated rings. The molecule has 5 heterocycles. The van der Waals surface area contributed by atoms with E-state index in [1.165, 1.54) is 31.5 Å². The van der Waals surface area contributed by atoms with Gasteiger partial charge in [-0.15, -0.1) is 0 Å². The molecule has 1 aromatic carbocycles. The predicted octanol–water partition coefficient (Wildman–Crippen LogP) is 5.03. The van der Waals surface area contributed by atoms with E-state index in [0.29, 0.717) is 18.7 Å². The third-order valence-corrected chi connectivity index (χ3v) is 7.73. The van der Waals surface area contributed by atoms with Crippen LogP contribution in [-0.2, 0) is 16.1 Å². The van der Waals surface area contributed by atoms with Crippen molar-refractivity contribution in [1.82, 2.24) is 14.8 Å². The van der Waals surface area contributed by atoms with Gasteiger partial charge in [-0.05, 0) is 65.3 Å². The standard InChI is InChI=1S/C16H17N3O2.C14H26N2O2/c1-2-4-15-13(3-1)18-16-12(11-21-15)14(5-6-17-16)19-7-9-20-10-8-19;1-11-7-5-6-8-16(11)12-9-15(10-12)13(17)18-14(2,3)4/h1-6H,7-11H2,(H,17,18);11-12H,5-10H2,1-4H3/t;11-/m.1/s1. The number of aromatic nitrogens is 1. The minimum Gasteiger partial charge on any atom is -0.487 e. The van der Waals surface area contributed by atoms with Gasteiger partial charge in [0.05, 0.1) is 24.5 Å². The number of nitrogens with one attached hydrogen (secondary N) is 1. The summed E-state index contributed by atoms with van der Waals surface area (Å²) in [4.78, 5) is 23.0. The number of para-hydroxylation sites is 2. The molecular formula is C30H43N5O4. The second kappa shape index (κ2) is 12.0. The van der Waals surface area contributed by atoms with Gasteiger partial charge in [-0.25, -0.2) is 9.78 Å². The number of carbonyl (C=O) groups excluding carboxylic acids is 1. The number of anilines is 3. The van der Waals surface area contributed by atoms with Gasteiger partial charge < -0.3 is 29.3 Å². The molecule has 2 aromatic rings. The Morgan fingerprint density at radius 2 is 1.85 bits per heavy atom. The normalized spacial score (nSPS) is 21.6. The largest absolute Gasteiger partial charge is 0.487 e. The second-order valence-electron chi connectivity index (χ2n) is 11.8. The van der Waals surface area contributed by atoms with Crippen LogP contribution in [0.5, 0.6) is 5.75 Å². The molecule has 0 spiro atoms. The molecule has 0 bridgehead atoms. The van der Waals surface area contributed by atoms with Crippen molar-refractivity contribution in [2.45, 2.75) is 71.2 Å². The van der Waals surface area contributed by atoms with Gasteiger partial charge in [0.1, 0.15) is 23.8 Å². The van der Waals surface area contributed by atoms with Gasteiger partial charge in [0.2, 0.25) is 0 Å². The Labute approximate surface area is 232 Å². The fourth-order valence-corrected chi connectivity index (χ4v) is 5.61. The zero-order chi connectivity index (χ0) is 27.4. The zero-order valence-electron chi connectivity index (χ0n) is 23.8. The average molecular weight is 538 g/mol. The van der Waals surface area contributed by atoms with Crippen LogP contribution in [0.3, 0.4) is 0 Å². The first-order valence-corrected chi connectivity index (χ1v) is 14.3. The number of pyridine rings is 1. The number of morpholine rings is 1. The maximum Gasteiger partial charge on any atom is 0.410 e. The van der Waals surface area contributed by atoms with Crippen LogP contribution in [0.15, 0.2) is 36.5 Å². The van der Waals surface area contributed by atoms with Crippen molar-refractivity contribution in [1.29, 1.82) is 0 Å². The molecule has 1 aromatic heterocycles. The number of carbonyl (C=O) groups is 1. The van der Waals surface area contributed by atoms with E-state index in [4.69, 9.17) is 14.2 Å². The van der Waals surface area contributed by atoms with Crippen molar-refractivity contribution in [3.05, 3.63) is 42.1 Å². The van der Waals surface area contributed by atoms with Crippen molar-refractivity contribution in [3.8, 4) is 5.75 Å². The van der Waals surface area contributed by atoms with Crippen LogP contribution in [-0.4, -0.2) is 84.5 Å². The Hall–Kier alpha value is -3.04. The number of likely N-dealkylation sites (tertiary alicyclic amines) is 2. The first-order valence-electron chi connectivity index (χ1n) is 14.3. The lowest BCUT2D eigenvalue weighted by Crippen LogP contribution is -2.64. The number of fused-ring (bicyclic) bond motifs is 2. The van der Waals surface area contributed by atoms with E-state index in [9.17, 15) is 4.79 Å². The molecule has 212 valence electrons. The molecule has 1 amide bonds. The van der Waals surface area contributed by atoms with Crippen molar-refractivity contribution >= 4 is 23.3 Å². The van der Waals surface area contributed by atoms with Gasteiger partial charge in [-0.2, -0.15) is 0 Å². The number of rotatable bonds is 2. The summed E-state index contributed by atoms with van der Waals surface area (Å²) in [6, 6.07) is 11.2. The third kappa shape index (κ3) is 6.76. The van der Waals surface area contributed by atoms with Gasteiger partial charge in [0.15, 0.2) is 0 Å². The van der Waals surface area contributed by atoms with Crippen molar-refractivity contribution in [2.24, 2.45) is 0 Å². The Morgan fingerprint density at radius 1 is 1.08 bits per heavy atom. The Morgan fingerprint density at radius 3 is 2.59 bits per heavy atom. The third-order valence-electron chi connectivity index (χ3n) is 7.73. The summed E-state index contributed by atoms with van der Waals surface area (Å²) in [6.45, 7) is 14.8. The first kappa shape index (κ1) is 27.5. The summed E-state index contributed by atoms with van der Waals surface area (Å²) in [5.41, 5.74) is 2.86. The minimum atomic E-state index is -0.388. The number of ether oxygens (including phenoxy) is 3. The summed E-state index contributed by atoms with van der Waals surface area (Å²) in [7, 11) is 0. The Kier molecular flexibility index (Phi) is 8.47. The fourth-order valence-electron chi connectivity index (χ4n) is 5.61. The van der Waals surface area contributed by atoms with Gasteiger partial charge >= 0.3 is 6.09 Å². The molecule has 0 saturated carbocycles. The lowest BCUT2D eigenvalue weighted by molar-refractivity contribution is -0.0291. The van der Waals surface area contributed by atoms with E-state index in [1.807, 2.05) is 56.1 Å². The number of nitrogens with zero attached hydrogens (tertiary/aromatic N) is 4. The number of amides is 1. The second-order valence-corrected chi connectivity index (χ2v) is 11.8. The minimum absolute atomic E-state index is 0.164. The van der Waals surface area contributed by atoms with Crippen LogP contribution >= 0.6 is 0 Å². The van der Waals surface area contributed by atoms with Crippen molar-refractivity contribution in [3.63, 3.8) is 0 Å². The van der Waals surface area contributed by atoms with Crippen LogP contribution in [0.2, 0.25) is 0 Å². The Bertz CT molecular complexity index is 1120. The molecule has 39 heavy (non-hydrogen) atoms. The monoisotopic (exact) mass is 537 g/mol. The number of hydrogen-bond donors (Lipinski definition) is 1. The lowest BCUT2D eigenvalue weighted by Gasteiger charge is -2.49. The highest BCUT2D eigenvalue weighted by molar-refractivity contribution is 5.72. The van der Waals surface area contributed by atoms with Crippen LogP contribution in [0.1, 0.15) is 52.5 Å². The molecule has 6 rings (SSSR count). The molecule has 1 N–H and O–H groups in total. The van der Waals surface area contributed by atoms with Crippen LogP contribution in [0, 0.1) is 0 Å². The van der Waals surface area contributed by atoms with E-state index in [-0.39, 0.29) is 11.7 Å². The smallest absolute Gasteiger partial charge is 0.410 e. The maximum atomic E-state index is 11.8. The van der Waals surface area contributed by atoms with Crippen molar-refractivity contribution < 1.29 is 19.0 Å². The summed E-state index contributed by atoms with van der Waals surface area (Å²) >= 11 is 0. The molecule has 9 heteroatoms. The summed E-state index contributed by atoms with van der Waals surface area (Å²) in [5.74, 6) is 1.74. The molecule has 0 aliphatic carbocycles. The average Bonchev–Trinajstić information content (AvgIpc) is 3.08. The highest BCUT2D eigenvalue weighted by Crippen LogP contribution is 2.36. The van der Waals surface area contributed by atoms with Gasteiger partial charge in [-0.3, -0.25) is 4.90 Å². The quantitative estimate of drug-likeness (QED) is 0.571. The van der Waals surface area contributed by atoms with E-state index in [0.717, 1.165) is 62.2 Å². The van der Waals surface area contributed by atoms with Gasteiger partial charge in [0.25, 0.3) is 0 Å². The molecule has 0 unspecified atom stereocenters. The van der Waals surface area contributed by atoms with E-state index in [2.05, 4.69) is 33.1 Å². The molecule has 4 aliphatic rings. The highest BCUT2D eigenvalue weighted by Gasteiger charge is 2.39. The Balaban J connectivity index is 0.000000160. The molecule has 3 saturated heterocycles. The number of piperidine rings is 1. The van der Waals surface area contributed by atoms with Crippen LogP contribution in [0.4, 0.5) is 22.0 Å². The summed E-state index contributed by atoms with van der Waals surface area (Å²) < 4.78 is 16.8. The SMILES string of the molecule is C[C@@H]1CCCCN1C1CN(C(=O)OC(C)(C)C)C1.c1ccc2c(c1)Nc1nccc(N3CCOCC3)c1CO2. The van der Waals surface area contributed by atoms with E-state index < -0.39 is 0 Å². The van der Waals surface area contributed by atoms with Crippen LogP contribution < -0.4 is 15.0 Å². The predicted molar refractivity (Wildman–Crippen MR) is 153 cm³/mol. The van der Waals surface area contributed by atoms with E-state index >= 15 is 0 Å². The molecule has 1 atom stereocenters. The maximum absolute atomic E-state index is 11.8. The number of hydrogen-bond acceptors (Lipinski definition) is 8. The molecular weight excluding hydrogens is 494 g/mol. The van der Waals surface area contributed by atoms with Crippen LogP contribution in [0.25, 0.3) is 0 Å². The highest BCUT2D eigenvalue weighted by atomic mass is 16.6. The van der Waals surface area contributed by atoms with Crippen molar-refractivity contribution in [2.75, 3.05) is 56.2 Å². The fraction of sp³-hybridized carbons (Fsp3) is 0.600. The molecule has 9 nitrogen and oxygen atoms in total. The number of benzene rings is 1.